The first-order chi connectivity index (χ1) is 11.7. The van der Waals surface area contributed by atoms with Gasteiger partial charge in [0.05, 0.1) is 10.2 Å². The third-order valence-corrected chi connectivity index (χ3v) is 4.96. The zero-order chi connectivity index (χ0) is 16.5. The highest BCUT2D eigenvalue weighted by Gasteiger charge is 2.16. The summed E-state index contributed by atoms with van der Waals surface area (Å²) in [5, 5.41) is 6.32. The van der Waals surface area contributed by atoms with E-state index in [0.717, 1.165) is 34.3 Å². The number of amides is 2. The molecule has 0 bridgehead atoms. The predicted molar refractivity (Wildman–Crippen MR) is 95.6 cm³/mol. The molecule has 6 heteroatoms. The molecule has 0 saturated heterocycles. The molecule has 4 rings (SSSR count). The number of para-hydroxylation sites is 1. The van der Waals surface area contributed by atoms with Crippen LogP contribution in [0.1, 0.15) is 28.8 Å². The van der Waals surface area contributed by atoms with Gasteiger partial charge >= 0.3 is 0 Å². The molecule has 2 heterocycles. The molecule has 1 aliphatic heterocycles. The van der Waals surface area contributed by atoms with E-state index in [1.165, 1.54) is 11.3 Å². The molecule has 3 aromatic rings. The second-order valence-corrected chi connectivity index (χ2v) is 6.75. The lowest BCUT2D eigenvalue weighted by atomic mass is 10.0. The number of nitrogens with zero attached hydrogens (tertiary/aromatic N) is 1. The van der Waals surface area contributed by atoms with Gasteiger partial charge in [0.1, 0.15) is 0 Å². The van der Waals surface area contributed by atoms with E-state index in [-0.39, 0.29) is 11.8 Å². The Bertz CT molecular complexity index is 915. The number of hydrogen-bond donors (Lipinski definition) is 2. The lowest BCUT2D eigenvalue weighted by Crippen LogP contribution is -2.13. The van der Waals surface area contributed by atoms with Crippen molar-refractivity contribution < 1.29 is 9.59 Å². The van der Waals surface area contributed by atoms with Crippen LogP contribution in [0.2, 0.25) is 0 Å². The number of anilines is 2. The van der Waals surface area contributed by atoms with Gasteiger partial charge in [0.2, 0.25) is 5.91 Å². The van der Waals surface area contributed by atoms with Gasteiger partial charge in [0, 0.05) is 17.7 Å². The molecule has 0 radical (unpaired) electrons. The molecular weight excluding hydrogens is 322 g/mol. The molecule has 0 spiro atoms. The average molecular weight is 337 g/mol. The molecule has 0 fully saturated rings. The summed E-state index contributed by atoms with van der Waals surface area (Å²) in [6.07, 6.45) is 2.10. The van der Waals surface area contributed by atoms with Crippen LogP contribution in [-0.4, -0.2) is 16.8 Å². The SMILES string of the molecule is O=C1CCCc2cc(C(=O)Nc3nc4ccccc4s3)ccc2N1. The molecule has 2 aromatic carbocycles. The van der Waals surface area contributed by atoms with Crippen molar-refractivity contribution in [2.24, 2.45) is 0 Å². The fraction of sp³-hybridized carbons (Fsp3) is 0.167. The third-order valence-electron chi connectivity index (χ3n) is 4.01. The second-order valence-electron chi connectivity index (χ2n) is 5.71. The summed E-state index contributed by atoms with van der Waals surface area (Å²) < 4.78 is 1.04. The van der Waals surface area contributed by atoms with Gasteiger partial charge in [0.25, 0.3) is 5.91 Å². The topological polar surface area (TPSA) is 71.1 Å². The van der Waals surface area contributed by atoms with Crippen LogP contribution >= 0.6 is 11.3 Å². The fourth-order valence-electron chi connectivity index (χ4n) is 2.81. The van der Waals surface area contributed by atoms with Gasteiger partial charge < -0.3 is 5.32 Å². The molecule has 2 N–H and O–H groups in total. The summed E-state index contributed by atoms with van der Waals surface area (Å²) in [7, 11) is 0. The largest absolute Gasteiger partial charge is 0.326 e. The Labute approximate surface area is 142 Å². The summed E-state index contributed by atoms with van der Waals surface area (Å²) in [6.45, 7) is 0. The normalized spacial score (nSPS) is 13.9. The molecule has 0 atom stereocenters. The van der Waals surface area contributed by atoms with Gasteiger partial charge in [-0.3, -0.25) is 14.9 Å². The number of thiazole rings is 1. The lowest BCUT2D eigenvalue weighted by Gasteiger charge is -2.09. The lowest BCUT2D eigenvalue weighted by molar-refractivity contribution is -0.116. The molecule has 120 valence electrons. The number of rotatable bonds is 2. The van der Waals surface area contributed by atoms with E-state index in [9.17, 15) is 9.59 Å². The van der Waals surface area contributed by atoms with Gasteiger partial charge in [-0.15, -0.1) is 0 Å². The van der Waals surface area contributed by atoms with E-state index >= 15 is 0 Å². The molecule has 24 heavy (non-hydrogen) atoms. The van der Waals surface area contributed by atoms with Crippen LogP contribution in [0.3, 0.4) is 0 Å². The number of fused-ring (bicyclic) bond motifs is 2. The summed E-state index contributed by atoms with van der Waals surface area (Å²) in [4.78, 5) is 28.5. The van der Waals surface area contributed by atoms with Gasteiger partial charge in [-0.2, -0.15) is 0 Å². The maximum Gasteiger partial charge on any atom is 0.257 e. The number of aromatic nitrogens is 1. The number of benzene rings is 2. The zero-order valence-corrected chi connectivity index (χ0v) is 13.7. The quantitative estimate of drug-likeness (QED) is 0.747. The van der Waals surface area contributed by atoms with Crippen LogP contribution in [0.25, 0.3) is 10.2 Å². The Morgan fingerprint density at radius 2 is 2.04 bits per heavy atom. The fourth-order valence-corrected chi connectivity index (χ4v) is 3.67. The molecule has 0 saturated carbocycles. The maximum absolute atomic E-state index is 12.5. The highest BCUT2D eigenvalue weighted by atomic mass is 32.1. The molecule has 1 aromatic heterocycles. The standard InChI is InChI=1S/C18H15N3O2S/c22-16-7-3-4-11-10-12(8-9-13(11)19-16)17(23)21-18-20-14-5-1-2-6-15(14)24-18/h1-2,5-6,8-10H,3-4,7H2,(H,19,22)(H,20,21,23). The highest BCUT2D eigenvalue weighted by Crippen LogP contribution is 2.27. The van der Waals surface area contributed by atoms with E-state index in [1.54, 1.807) is 12.1 Å². The van der Waals surface area contributed by atoms with Crippen molar-refractivity contribution in [2.45, 2.75) is 19.3 Å². The van der Waals surface area contributed by atoms with Gasteiger partial charge in [-0.1, -0.05) is 23.5 Å². The molecule has 5 nitrogen and oxygen atoms in total. The number of hydrogen-bond acceptors (Lipinski definition) is 4. The van der Waals surface area contributed by atoms with E-state index in [2.05, 4.69) is 15.6 Å². The van der Waals surface area contributed by atoms with Crippen molar-refractivity contribution in [3.05, 3.63) is 53.6 Å². The van der Waals surface area contributed by atoms with Crippen molar-refractivity contribution in [3.63, 3.8) is 0 Å². The Balaban J connectivity index is 1.58. The molecule has 0 unspecified atom stereocenters. The Kier molecular flexibility index (Phi) is 3.74. The smallest absolute Gasteiger partial charge is 0.257 e. The van der Waals surface area contributed by atoms with E-state index in [1.807, 2.05) is 30.3 Å². The van der Waals surface area contributed by atoms with Gasteiger partial charge in [0.15, 0.2) is 5.13 Å². The monoisotopic (exact) mass is 337 g/mol. The van der Waals surface area contributed by atoms with Crippen molar-refractivity contribution in [3.8, 4) is 0 Å². The van der Waals surface area contributed by atoms with Crippen LogP contribution < -0.4 is 10.6 Å². The molecule has 1 aliphatic rings. The minimum absolute atomic E-state index is 0.0282. The summed E-state index contributed by atoms with van der Waals surface area (Å²) in [6, 6.07) is 13.2. The van der Waals surface area contributed by atoms with Crippen LogP contribution in [0.4, 0.5) is 10.8 Å². The van der Waals surface area contributed by atoms with Crippen LogP contribution in [0, 0.1) is 0 Å². The first kappa shape index (κ1) is 14.8. The number of carbonyl (C=O) groups is 2. The predicted octanol–water partition coefficient (Wildman–Crippen LogP) is 3.82. The second kappa shape index (κ2) is 6.05. The zero-order valence-electron chi connectivity index (χ0n) is 12.8. The van der Waals surface area contributed by atoms with Crippen LogP contribution in [-0.2, 0) is 11.2 Å². The number of nitrogens with one attached hydrogen (secondary N) is 2. The summed E-state index contributed by atoms with van der Waals surface area (Å²) in [5.74, 6) is -0.159. The number of carbonyl (C=O) groups excluding carboxylic acids is 2. The van der Waals surface area contributed by atoms with Crippen molar-refractivity contribution in [1.82, 2.24) is 4.98 Å². The molecular formula is C18H15N3O2S. The first-order valence-electron chi connectivity index (χ1n) is 7.79. The Hall–Kier alpha value is -2.73. The van der Waals surface area contributed by atoms with Crippen molar-refractivity contribution in [1.29, 1.82) is 0 Å². The minimum atomic E-state index is -0.188. The van der Waals surface area contributed by atoms with Crippen LogP contribution in [0.5, 0.6) is 0 Å². The van der Waals surface area contributed by atoms with E-state index < -0.39 is 0 Å². The van der Waals surface area contributed by atoms with E-state index in [0.29, 0.717) is 17.1 Å². The van der Waals surface area contributed by atoms with Gasteiger partial charge in [-0.25, -0.2) is 4.98 Å². The first-order valence-corrected chi connectivity index (χ1v) is 8.60. The van der Waals surface area contributed by atoms with Crippen molar-refractivity contribution in [2.75, 3.05) is 10.6 Å². The molecule has 0 aliphatic carbocycles. The third kappa shape index (κ3) is 2.88. The average Bonchev–Trinajstić information content (AvgIpc) is 2.88. The Morgan fingerprint density at radius 1 is 1.17 bits per heavy atom. The summed E-state index contributed by atoms with van der Waals surface area (Å²) >= 11 is 1.45. The van der Waals surface area contributed by atoms with E-state index in [4.69, 9.17) is 0 Å². The highest BCUT2D eigenvalue weighted by molar-refractivity contribution is 7.22. The van der Waals surface area contributed by atoms with Gasteiger partial charge in [-0.05, 0) is 48.7 Å². The van der Waals surface area contributed by atoms with Crippen LogP contribution in [0.15, 0.2) is 42.5 Å². The molecule has 2 amide bonds. The minimum Gasteiger partial charge on any atom is -0.326 e. The van der Waals surface area contributed by atoms with Crippen molar-refractivity contribution >= 4 is 44.2 Å². The maximum atomic E-state index is 12.5. The summed E-state index contributed by atoms with van der Waals surface area (Å²) in [5.41, 5.74) is 3.25. The number of aryl methyl sites for hydroxylation is 1. The Morgan fingerprint density at radius 3 is 2.92 bits per heavy atom.